The molecule has 0 fully saturated rings. The second-order valence-corrected chi connectivity index (χ2v) is 3.45. The first-order valence-electron chi connectivity index (χ1n) is 3.28. The van der Waals surface area contributed by atoms with E-state index in [0.717, 1.165) is 20.6 Å². The summed E-state index contributed by atoms with van der Waals surface area (Å²) in [6.07, 6.45) is 0. The highest BCUT2D eigenvalue weighted by Gasteiger charge is 2.00. The Labute approximate surface area is 77.8 Å². The van der Waals surface area contributed by atoms with Gasteiger partial charge in [0, 0.05) is 11.8 Å². The highest BCUT2D eigenvalue weighted by atomic mass is 127. The molecule has 2 aromatic rings. The van der Waals surface area contributed by atoms with Gasteiger partial charge < -0.3 is 4.42 Å². The van der Waals surface area contributed by atoms with Crippen LogP contribution in [0.15, 0.2) is 22.6 Å². The minimum absolute atomic E-state index is 0.861. The molecule has 0 aromatic carbocycles. The van der Waals surface area contributed by atoms with Gasteiger partial charge >= 0.3 is 0 Å². The van der Waals surface area contributed by atoms with E-state index in [-0.39, 0.29) is 0 Å². The fraction of sp³-hybridized carbons (Fsp3) is 0.125. The fourth-order valence-corrected chi connectivity index (χ4v) is 1.53. The standard InChI is InChI=1S/C8H6INO/c1-5-2-3-7-6(10-5)4-8(9)11-7/h2-4H,1H3. The molecule has 56 valence electrons. The van der Waals surface area contributed by atoms with Gasteiger partial charge in [0.1, 0.15) is 5.52 Å². The van der Waals surface area contributed by atoms with Crippen molar-refractivity contribution in [2.24, 2.45) is 0 Å². The second-order valence-electron chi connectivity index (χ2n) is 2.39. The molecule has 3 heteroatoms. The molecule has 2 heterocycles. The summed E-state index contributed by atoms with van der Waals surface area (Å²) in [7, 11) is 0. The van der Waals surface area contributed by atoms with Crippen molar-refractivity contribution in [1.82, 2.24) is 4.98 Å². The molecule has 0 N–H and O–H groups in total. The molecule has 2 aromatic heterocycles. The van der Waals surface area contributed by atoms with Crippen molar-refractivity contribution < 1.29 is 4.42 Å². The molecule has 11 heavy (non-hydrogen) atoms. The first-order valence-corrected chi connectivity index (χ1v) is 4.36. The summed E-state index contributed by atoms with van der Waals surface area (Å²) in [5, 5.41) is 0. The van der Waals surface area contributed by atoms with Crippen LogP contribution in [0.25, 0.3) is 11.1 Å². The van der Waals surface area contributed by atoms with Gasteiger partial charge in [-0.05, 0) is 41.6 Å². The van der Waals surface area contributed by atoms with E-state index >= 15 is 0 Å². The lowest BCUT2D eigenvalue weighted by molar-refractivity contribution is 0.583. The number of halogens is 1. The molecule has 0 unspecified atom stereocenters. The third-order valence-electron chi connectivity index (χ3n) is 1.48. The maximum Gasteiger partial charge on any atom is 0.166 e. The number of hydrogen-bond donors (Lipinski definition) is 0. The predicted molar refractivity (Wildman–Crippen MR) is 51.5 cm³/mol. The Bertz CT molecular complexity index is 394. The molecule has 0 bridgehead atoms. The van der Waals surface area contributed by atoms with E-state index in [1.165, 1.54) is 0 Å². The molecule has 0 saturated heterocycles. The molecule has 0 spiro atoms. The molecule has 0 saturated carbocycles. The normalized spacial score (nSPS) is 10.7. The van der Waals surface area contributed by atoms with E-state index < -0.39 is 0 Å². The highest BCUT2D eigenvalue weighted by Crippen LogP contribution is 2.18. The lowest BCUT2D eigenvalue weighted by Gasteiger charge is -1.88. The summed E-state index contributed by atoms with van der Waals surface area (Å²) < 4.78 is 6.23. The van der Waals surface area contributed by atoms with E-state index in [0.29, 0.717) is 0 Å². The third kappa shape index (κ3) is 1.24. The second kappa shape index (κ2) is 2.48. The van der Waals surface area contributed by atoms with Crippen molar-refractivity contribution in [3.8, 4) is 0 Å². The van der Waals surface area contributed by atoms with Crippen LogP contribution in [0.1, 0.15) is 5.69 Å². The zero-order valence-corrected chi connectivity index (χ0v) is 8.12. The van der Waals surface area contributed by atoms with Crippen LogP contribution in [0, 0.1) is 10.7 Å². The van der Waals surface area contributed by atoms with Gasteiger partial charge in [-0.3, -0.25) is 0 Å². The Morgan fingerprint density at radius 1 is 1.45 bits per heavy atom. The summed E-state index contributed by atoms with van der Waals surface area (Å²) in [5.41, 5.74) is 2.82. The van der Waals surface area contributed by atoms with Gasteiger partial charge in [-0.25, -0.2) is 4.98 Å². The molecule has 0 amide bonds. The van der Waals surface area contributed by atoms with E-state index in [1.807, 2.05) is 25.1 Å². The van der Waals surface area contributed by atoms with Crippen LogP contribution in [-0.4, -0.2) is 4.98 Å². The summed E-state index contributed by atoms with van der Waals surface area (Å²) in [6, 6.07) is 5.82. The largest absolute Gasteiger partial charge is 0.449 e. The lowest BCUT2D eigenvalue weighted by Crippen LogP contribution is -1.77. The van der Waals surface area contributed by atoms with Crippen molar-refractivity contribution in [1.29, 1.82) is 0 Å². The molecule has 0 aliphatic heterocycles. The van der Waals surface area contributed by atoms with Crippen molar-refractivity contribution in [3.63, 3.8) is 0 Å². The summed E-state index contributed by atoms with van der Waals surface area (Å²) in [5.74, 6) is 0. The van der Waals surface area contributed by atoms with Crippen LogP contribution < -0.4 is 0 Å². The first-order chi connectivity index (χ1) is 5.25. The first kappa shape index (κ1) is 7.09. The van der Waals surface area contributed by atoms with Crippen molar-refractivity contribution >= 4 is 33.7 Å². The molecule has 0 aliphatic carbocycles. The average Bonchev–Trinajstić information content (AvgIpc) is 2.27. The lowest BCUT2D eigenvalue weighted by atomic mass is 10.3. The zero-order valence-electron chi connectivity index (χ0n) is 5.97. The number of nitrogens with zero attached hydrogens (tertiary/aromatic N) is 1. The molecule has 0 atom stereocenters. The maximum atomic E-state index is 5.35. The Hall–Kier alpha value is -0.580. The summed E-state index contributed by atoms with van der Waals surface area (Å²) in [4.78, 5) is 4.30. The van der Waals surface area contributed by atoms with Crippen molar-refractivity contribution in [3.05, 3.63) is 27.7 Å². The van der Waals surface area contributed by atoms with E-state index in [9.17, 15) is 0 Å². The van der Waals surface area contributed by atoms with Gasteiger partial charge in [0.25, 0.3) is 0 Å². The monoisotopic (exact) mass is 259 g/mol. The quantitative estimate of drug-likeness (QED) is 0.680. The molecular formula is C8H6INO. The molecule has 0 aliphatic rings. The van der Waals surface area contributed by atoms with E-state index in [1.54, 1.807) is 0 Å². The Kier molecular flexibility index (Phi) is 1.60. The van der Waals surface area contributed by atoms with Crippen LogP contribution in [0.5, 0.6) is 0 Å². The average molecular weight is 259 g/mol. The fourth-order valence-electron chi connectivity index (χ4n) is 0.996. The van der Waals surface area contributed by atoms with Crippen LogP contribution in [0.3, 0.4) is 0 Å². The summed E-state index contributed by atoms with van der Waals surface area (Å²) >= 11 is 2.14. The van der Waals surface area contributed by atoms with E-state index in [4.69, 9.17) is 4.42 Å². The van der Waals surface area contributed by atoms with Crippen molar-refractivity contribution in [2.75, 3.05) is 0 Å². The molecular weight excluding hydrogens is 253 g/mol. The zero-order chi connectivity index (χ0) is 7.84. The molecule has 0 radical (unpaired) electrons. The number of rotatable bonds is 0. The topological polar surface area (TPSA) is 26.0 Å². The Morgan fingerprint density at radius 2 is 2.27 bits per heavy atom. The number of hydrogen-bond acceptors (Lipinski definition) is 2. The summed E-state index contributed by atoms with van der Waals surface area (Å²) in [6.45, 7) is 1.97. The van der Waals surface area contributed by atoms with Gasteiger partial charge in [0.15, 0.2) is 9.35 Å². The number of pyridine rings is 1. The van der Waals surface area contributed by atoms with Gasteiger partial charge in [-0.2, -0.15) is 0 Å². The SMILES string of the molecule is Cc1ccc2oc(I)cc2n1. The van der Waals surface area contributed by atoms with Gasteiger partial charge in [0.05, 0.1) is 0 Å². The number of furan rings is 1. The third-order valence-corrected chi connectivity index (χ3v) is 2.01. The van der Waals surface area contributed by atoms with Gasteiger partial charge in [-0.15, -0.1) is 0 Å². The van der Waals surface area contributed by atoms with Crippen LogP contribution in [0.4, 0.5) is 0 Å². The number of fused-ring (bicyclic) bond motifs is 1. The molecule has 2 rings (SSSR count). The van der Waals surface area contributed by atoms with Crippen molar-refractivity contribution in [2.45, 2.75) is 6.92 Å². The van der Waals surface area contributed by atoms with E-state index in [2.05, 4.69) is 27.6 Å². The van der Waals surface area contributed by atoms with Crippen LogP contribution in [0.2, 0.25) is 0 Å². The minimum Gasteiger partial charge on any atom is -0.449 e. The van der Waals surface area contributed by atoms with Crippen LogP contribution >= 0.6 is 22.6 Å². The number of aryl methyl sites for hydroxylation is 1. The Morgan fingerprint density at radius 3 is 3.09 bits per heavy atom. The van der Waals surface area contributed by atoms with Crippen LogP contribution in [-0.2, 0) is 0 Å². The van der Waals surface area contributed by atoms with Gasteiger partial charge in [0.2, 0.25) is 0 Å². The predicted octanol–water partition coefficient (Wildman–Crippen LogP) is 2.74. The molecule has 2 nitrogen and oxygen atoms in total. The minimum atomic E-state index is 0.861. The smallest absolute Gasteiger partial charge is 0.166 e. The number of aromatic nitrogens is 1. The van der Waals surface area contributed by atoms with Gasteiger partial charge in [-0.1, -0.05) is 0 Å². The Balaban J connectivity index is 2.82. The maximum absolute atomic E-state index is 5.35. The highest BCUT2D eigenvalue weighted by molar-refractivity contribution is 14.1.